The first-order valence-electron chi connectivity index (χ1n) is 6.96. The molecule has 0 saturated heterocycles. The average molecular weight is 276 g/mol. The maximum Gasteiger partial charge on any atom is 0.229 e. The number of hydrogen-bond donors (Lipinski definition) is 1. The van der Waals surface area contributed by atoms with E-state index in [-0.39, 0.29) is 5.54 Å². The lowest BCUT2D eigenvalue weighted by Gasteiger charge is -2.19. The van der Waals surface area contributed by atoms with Gasteiger partial charge in [-0.15, -0.1) is 5.10 Å². The number of rotatable bonds is 5. The molecule has 0 aromatic carbocycles. The Labute approximate surface area is 117 Å². The van der Waals surface area contributed by atoms with E-state index in [1.807, 2.05) is 6.20 Å². The quantitative estimate of drug-likeness (QED) is 0.890. The van der Waals surface area contributed by atoms with E-state index in [4.69, 9.17) is 4.52 Å². The van der Waals surface area contributed by atoms with Crippen LogP contribution < -0.4 is 5.32 Å². The van der Waals surface area contributed by atoms with Gasteiger partial charge in [0.1, 0.15) is 6.54 Å². The minimum Gasteiger partial charge on any atom is -0.339 e. The molecular formula is C13H20N6O. The van der Waals surface area contributed by atoms with Crippen molar-refractivity contribution < 1.29 is 4.52 Å². The molecule has 1 aliphatic carbocycles. The smallest absolute Gasteiger partial charge is 0.229 e. The van der Waals surface area contributed by atoms with E-state index < -0.39 is 0 Å². The van der Waals surface area contributed by atoms with E-state index in [0.717, 1.165) is 24.4 Å². The molecule has 1 saturated carbocycles. The molecule has 0 unspecified atom stereocenters. The van der Waals surface area contributed by atoms with Gasteiger partial charge in [-0.25, -0.2) is 4.68 Å². The first-order chi connectivity index (χ1) is 9.49. The van der Waals surface area contributed by atoms with E-state index in [1.54, 1.807) is 4.68 Å². The van der Waals surface area contributed by atoms with Crippen LogP contribution in [-0.2, 0) is 13.1 Å². The maximum absolute atomic E-state index is 5.22. The van der Waals surface area contributed by atoms with Gasteiger partial charge in [0.05, 0.1) is 11.9 Å². The highest BCUT2D eigenvalue weighted by molar-refractivity contribution is 5.02. The molecule has 1 aliphatic rings. The van der Waals surface area contributed by atoms with Gasteiger partial charge in [0.25, 0.3) is 0 Å². The van der Waals surface area contributed by atoms with Crippen LogP contribution in [0, 0.1) is 0 Å². The largest absolute Gasteiger partial charge is 0.339 e. The minimum absolute atomic E-state index is 0.0661. The second-order valence-corrected chi connectivity index (χ2v) is 6.33. The van der Waals surface area contributed by atoms with Gasteiger partial charge in [-0.2, -0.15) is 4.98 Å². The predicted molar refractivity (Wildman–Crippen MR) is 72.0 cm³/mol. The summed E-state index contributed by atoms with van der Waals surface area (Å²) in [6.45, 7) is 7.56. The third kappa shape index (κ3) is 3.41. The summed E-state index contributed by atoms with van der Waals surface area (Å²) in [6, 6.07) is 0. The number of aromatic nitrogens is 5. The Kier molecular flexibility index (Phi) is 3.29. The summed E-state index contributed by atoms with van der Waals surface area (Å²) in [6.07, 6.45) is 4.23. The van der Waals surface area contributed by atoms with Crippen molar-refractivity contribution in [2.75, 3.05) is 0 Å². The van der Waals surface area contributed by atoms with E-state index >= 15 is 0 Å². The van der Waals surface area contributed by atoms with Crippen LogP contribution in [0.3, 0.4) is 0 Å². The van der Waals surface area contributed by atoms with Gasteiger partial charge >= 0.3 is 0 Å². The molecular weight excluding hydrogens is 256 g/mol. The SMILES string of the molecule is CC(C)(C)NCc1cn(Cc2noc(C3CC3)n2)nn1. The van der Waals surface area contributed by atoms with Crippen LogP contribution in [0.15, 0.2) is 10.7 Å². The summed E-state index contributed by atoms with van der Waals surface area (Å²) in [5.74, 6) is 1.90. The average Bonchev–Trinajstić information content (AvgIpc) is 2.95. The van der Waals surface area contributed by atoms with Crippen LogP contribution in [0.25, 0.3) is 0 Å². The molecule has 20 heavy (non-hydrogen) atoms. The van der Waals surface area contributed by atoms with Crippen LogP contribution in [0.4, 0.5) is 0 Å². The topological polar surface area (TPSA) is 81.7 Å². The summed E-state index contributed by atoms with van der Waals surface area (Å²) in [4.78, 5) is 4.38. The fourth-order valence-electron chi connectivity index (χ4n) is 1.83. The van der Waals surface area contributed by atoms with Crippen LogP contribution in [0.2, 0.25) is 0 Å². The van der Waals surface area contributed by atoms with Crippen LogP contribution >= 0.6 is 0 Å². The van der Waals surface area contributed by atoms with Crippen LogP contribution in [0.5, 0.6) is 0 Å². The molecule has 0 bridgehead atoms. The Hall–Kier alpha value is -1.76. The summed E-state index contributed by atoms with van der Waals surface area (Å²) < 4.78 is 6.96. The van der Waals surface area contributed by atoms with Crippen molar-refractivity contribution in [1.82, 2.24) is 30.5 Å². The fraction of sp³-hybridized carbons (Fsp3) is 0.692. The molecule has 7 nitrogen and oxygen atoms in total. The predicted octanol–water partition coefficient (Wildman–Crippen LogP) is 1.47. The Morgan fingerprint density at radius 2 is 2.20 bits per heavy atom. The first kappa shape index (κ1) is 13.2. The summed E-state index contributed by atoms with van der Waals surface area (Å²) in [7, 11) is 0. The zero-order valence-corrected chi connectivity index (χ0v) is 12.1. The summed E-state index contributed by atoms with van der Waals surface area (Å²) in [5, 5.41) is 15.6. The molecule has 0 radical (unpaired) electrons. The van der Waals surface area contributed by atoms with Gasteiger partial charge in [-0.1, -0.05) is 10.4 Å². The van der Waals surface area contributed by atoms with Crippen LogP contribution in [0.1, 0.15) is 56.9 Å². The van der Waals surface area contributed by atoms with Crippen molar-refractivity contribution in [3.63, 3.8) is 0 Å². The molecule has 2 heterocycles. The highest BCUT2D eigenvalue weighted by Crippen LogP contribution is 2.38. The molecule has 108 valence electrons. The second kappa shape index (κ2) is 4.97. The normalized spacial score (nSPS) is 15.8. The van der Waals surface area contributed by atoms with Crippen molar-refractivity contribution in [1.29, 1.82) is 0 Å². The zero-order valence-electron chi connectivity index (χ0n) is 12.1. The van der Waals surface area contributed by atoms with Crippen molar-refractivity contribution >= 4 is 0 Å². The minimum atomic E-state index is 0.0661. The lowest BCUT2D eigenvalue weighted by Crippen LogP contribution is -2.35. The third-order valence-corrected chi connectivity index (χ3v) is 3.10. The lowest BCUT2D eigenvalue weighted by atomic mass is 10.1. The Balaban J connectivity index is 1.58. The Morgan fingerprint density at radius 1 is 1.40 bits per heavy atom. The zero-order chi connectivity index (χ0) is 14.2. The first-order valence-corrected chi connectivity index (χ1v) is 6.96. The van der Waals surface area contributed by atoms with Gasteiger partial charge in [0.15, 0.2) is 5.82 Å². The molecule has 2 aromatic rings. The van der Waals surface area contributed by atoms with Crippen molar-refractivity contribution in [3.8, 4) is 0 Å². The molecule has 1 fully saturated rings. The molecule has 0 spiro atoms. The Morgan fingerprint density at radius 3 is 2.90 bits per heavy atom. The van der Waals surface area contributed by atoms with Crippen molar-refractivity contribution in [3.05, 3.63) is 23.6 Å². The van der Waals surface area contributed by atoms with Gasteiger partial charge in [-0.3, -0.25) is 0 Å². The van der Waals surface area contributed by atoms with E-state index in [1.165, 1.54) is 0 Å². The van der Waals surface area contributed by atoms with Crippen molar-refractivity contribution in [2.45, 2.75) is 58.2 Å². The van der Waals surface area contributed by atoms with E-state index in [9.17, 15) is 0 Å². The molecule has 7 heteroatoms. The van der Waals surface area contributed by atoms with E-state index in [0.29, 0.717) is 24.8 Å². The van der Waals surface area contributed by atoms with Crippen molar-refractivity contribution in [2.24, 2.45) is 0 Å². The number of nitrogens with one attached hydrogen (secondary N) is 1. The number of nitrogens with zero attached hydrogens (tertiary/aromatic N) is 5. The summed E-state index contributed by atoms with van der Waals surface area (Å²) in [5.41, 5.74) is 0.974. The summed E-state index contributed by atoms with van der Waals surface area (Å²) >= 11 is 0. The molecule has 0 atom stereocenters. The standard InChI is InChI=1S/C13H20N6O/c1-13(2,3)14-6-10-7-19(18-16-10)8-11-15-12(20-17-11)9-4-5-9/h7,9,14H,4-6,8H2,1-3H3. The molecule has 0 amide bonds. The van der Waals surface area contributed by atoms with Gasteiger partial charge in [-0.05, 0) is 33.6 Å². The molecule has 2 aromatic heterocycles. The third-order valence-electron chi connectivity index (χ3n) is 3.10. The van der Waals surface area contributed by atoms with Crippen LogP contribution in [-0.4, -0.2) is 30.7 Å². The maximum atomic E-state index is 5.22. The Bertz CT molecular complexity index is 578. The lowest BCUT2D eigenvalue weighted by molar-refractivity contribution is 0.372. The highest BCUT2D eigenvalue weighted by atomic mass is 16.5. The second-order valence-electron chi connectivity index (χ2n) is 6.33. The molecule has 0 aliphatic heterocycles. The van der Waals surface area contributed by atoms with Gasteiger partial charge in [0.2, 0.25) is 5.89 Å². The van der Waals surface area contributed by atoms with Gasteiger partial charge < -0.3 is 9.84 Å². The molecule has 1 N–H and O–H groups in total. The monoisotopic (exact) mass is 276 g/mol. The molecule has 3 rings (SSSR count). The fourth-order valence-corrected chi connectivity index (χ4v) is 1.83. The highest BCUT2D eigenvalue weighted by Gasteiger charge is 2.29. The number of hydrogen-bond acceptors (Lipinski definition) is 6. The van der Waals surface area contributed by atoms with Gasteiger partial charge in [0, 0.05) is 18.0 Å². The van der Waals surface area contributed by atoms with E-state index in [2.05, 4.69) is 46.5 Å².